The second-order valence-corrected chi connectivity index (χ2v) is 3.59. The number of carbonyl (C=O) groups is 1. The number of ketones is 1. The highest BCUT2D eigenvalue weighted by atomic mass is 16.1. The van der Waals surface area contributed by atoms with E-state index in [1.165, 1.54) is 0 Å². The summed E-state index contributed by atoms with van der Waals surface area (Å²) in [7, 11) is 0. The lowest BCUT2D eigenvalue weighted by atomic mass is 10.0. The molecule has 0 aliphatic heterocycles. The number of benzene rings is 2. The lowest BCUT2D eigenvalue weighted by Gasteiger charge is -1.99. The molecule has 0 saturated heterocycles. The van der Waals surface area contributed by atoms with Gasteiger partial charge in [-0.15, -0.1) is 6.58 Å². The van der Waals surface area contributed by atoms with E-state index in [2.05, 4.69) is 6.58 Å². The first kappa shape index (κ1) is 13.9. The van der Waals surface area contributed by atoms with E-state index in [0.29, 0.717) is 6.54 Å². The van der Waals surface area contributed by atoms with Gasteiger partial charge in [0.1, 0.15) is 0 Å². The molecule has 0 bridgehead atoms. The molecule has 0 aromatic heterocycles. The minimum Gasteiger partial charge on any atom is -0.327 e. The molecule has 0 saturated carbocycles. The van der Waals surface area contributed by atoms with E-state index in [9.17, 15) is 4.79 Å². The number of nitrogens with two attached hydrogens (primary N) is 1. The molecule has 0 heterocycles. The fourth-order valence-corrected chi connectivity index (χ4v) is 1.35. The van der Waals surface area contributed by atoms with Crippen LogP contribution in [0.2, 0.25) is 0 Å². The van der Waals surface area contributed by atoms with Gasteiger partial charge < -0.3 is 5.73 Å². The van der Waals surface area contributed by atoms with Gasteiger partial charge >= 0.3 is 0 Å². The summed E-state index contributed by atoms with van der Waals surface area (Å²) in [5.41, 5.74) is 6.38. The highest BCUT2D eigenvalue weighted by Gasteiger charge is 2.06. The standard InChI is InChI=1S/C13H10O.C3H7N/c14-13(11-7-3-1-4-8-11)12-9-5-2-6-10-12;1-2-3-4/h1-10H;2H,1,3-4H2. The van der Waals surface area contributed by atoms with Gasteiger partial charge in [-0.2, -0.15) is 0 Å². The molecule has 2 rings (SSSR count). The summed E-state index contributed by atoms with van der Waals surface area (Å²) in [6, 6.07) is 18.6. The molecular formula is C16H17NO. The lowest BCUT2D eigenvalue weighted by molar-refractivity contribution is 0.103. The summed E-state index contributed by atoms with van der Waals surface area (Å²) in [6.07, 6.45) is 1.65. The number of hydrogen-bond acceptors (Lipinski definition) is 2. The largest absolute Gasteiger partial charge is 0.327 e. The van der Waals surface area contributed by atoms with Gasteiger partial charge in [0.25, 0.3) is 0 Å². The Kier molecular flexibility index (Phi) is 6.15. The van der Waals surface area contributed by atoms with E-state index in [0.717, 1.165) is 11.1 Å². The fraction of sp³-hybridized carbons (Fsp3) is 0.0625. The summed E-state index contributed by atoms with van der Waals surface area (Å²) < 4.78 is 0. The van der Waals surface area contributed by atoms with Crippen LogP contribution in [0.3, 0.4) is 0 Å². The van der Waals surface area contributed by atoms with Crippen LogP contribution >= 0.6 is 0 Å². The Morgan fingerprint density at radius 2 is 1.28 bits per heavy atom. The summed E-state index contributed by atoms with van der Waals surface area (Å²) in [6.45, 7) is 3.94. The highest BCUT2D eigenvalue weighted by molar-refractivity contribution is 6.08. The van der Waals surface area contributed by atoms with Crippen LogP contribution in [0.4, 0.5) is 0 Å². The zero-order valence-corrected chi connectivity index (χ0v) is 10.3. The van der Waals surface area contributed by atoms with Crippen LogP contribution < -0.4 is 5.73 Å². The summed E-state index contributed by atoms with van der Waals surface area (Å²) in [5.74, 6) is 0.0752. The van der Waals surface area contributed by atoms with Crippen molar-refractivity contribution >= 4 is 5.78 Å². The topological polar surface area (TPSA) is 43.1 Å². The zero-order chi connectivity index (χ0) is 13.2. The van der Waals surface area contributed by atoms with E-state index < -0.39 is 0 Å². The van der Waals surface area contributed by atoms with Crippen molar-refractivity contribution in [3.05, 3.63) is 84.4 Å². The molecule has 92 valence electrons. The van der Waals surface area contributed by atoms with Crippen LogP contribution in [-0.2, 0) is 0 Å². The SMILES string of the molecule is C=CCN.O=C(c1ccccc1)c1ccccc1. The van der Waals surface area contributed by atoms with Gasteiger partial charge in [0.2, 0.25) is 0 Å². The van der Waals surface area contributed by atoms with E-state index in [4.69, 9.17) is 5.73 Å². The maximum atomic E-state index is 11.8. The second kappa shape index (κ2) is 7.98. The fourth-order valence-electron chi connectivity index (χ4n) is 1.35. The molecule has 2 nitrogen and oxygen atoms in total. The monoisotopic (exact) mass is 239 g/mol. The molecule has 0 aliphatic carbocycles. The number of rotatable bonds is 3. The van der Waals surface area contributed by atoms with Crippen molar-refractivity contribution in [3.8, 4) is 0 Å². The molecule has 0 radical (unpaired) electrons. The van der Waals surface area contributed by atoms with Gasteiger partial charge in [-0.05, 0) is 0 Å². The average Bonchev–Trinajstić information content (AvgIpc) is 2.48. The normalized spacial score (nSPS) is 8.94. The van der Waals surface area contributed by atoms with Crippen molar-refractivity contribution in [1.82, 2.24) is 0 Å². The third kappa shape index (κ3) is 4.36. The minimum atomic E-state index is 0.0752. The van der Waals surface area contributed by atoms with Crippen LogP contribution in [-0.4, -0.2) is 12.3 Å². The van der Waals surface area contributed by atoms with E-state index in [1.54, 1.807) is 6.08 Å². The zero-order valence-electron chi connectivity index (χ0n) is 10.3. The predicted octanol–water partition coefficient (Wildman–Crippen LogP) is 3.05. The van der Waals surface area contributed by atoms with Crippen molar-refractivity contribution in [2.75, 3.05) is 6.54 Å². The Morgan fingerprint density at radius 3 is 1.56 bits per heavy atom. The molecule has 0 fully saturated rings. The Balaban J connectivity index is 0.000000357. The smallest absolute Gasteiger partial charge is 0.193 e. The van der Waals surface area contributed by atoms with Crippen LogP contribution in [0, 0.1) is 0 Å². The van der Waals surface area contributed by atoms with Gasteiger partial charge in [0.15, 0.2) is 5.78 Å². The Bertz CT molecular complexity index is 435. The lowest BCUT2D eigenvalue weighted by Crippen LogP contribution is -1.99. The maximum absolute atomic E-state index is 11.8. The molecular weight excluding hydrogens is 222 g/mol. The van der Waals surface area contributed by atoms with Crippen LogP contribution in [0.25, 0.3) is 0 Å². The quantitative estimate of drug-likeness (QED) is 0.660. The third-order valence-electron chi connectivity index (χ3n) is 2.24. The van der Waals surface area contributed by atoms with Gasteiger partial charge in [-0.1, -0.05) is 66.7 Å². The molecule has 0 spiro atoms. The first-order valence-corrected chi connectivity index (χ1v) is 5.75. The van der Waals surface area contributed by atoms with Crippen LogP contribution in [0.5, 0.6) is 0 Å². The van der Waals surface area contributed by atoms with Crippen molar-refractivity contribution in [2.45, 2.75) is 0 Å². The van der Waals surface area contributed by atoms with E-state index >= 15 is 0 Å². The minimum absolute atomic E-state index is 0.0752. The van der Waals surface area contributed by atoms with Crippen molar-refractivity contribution in [2.24, 2.45) is 5.73 Å². The van der Waals surface area contributed by atoms with Gasteiger partial charge in [-0.3, -0.25) is 4.79 Å². The summed E-state index contributed by atoms with van der Waals surface area (Å²) in [5, 5.41) is 0. The van der Waals surface area contributed by atoms with E-state index in [-0.39, 0.29) is 5.78 Å². The Labute approximate surface area is 108 Å². The van der Waals surface area contributed by atoms with E-state index in [1.807, 2.05) is 60.7 Å². The molecule has 0 atom stereocenters. The third-order valence-corrected chi connectivity index (χ3v) is 2.24. The number of carbonyl (C=O) groups excluding carboxylic acids is 1. The Morgan fingerprint density at radius 1 is 0.944 bits per heavy atom. The average molecular weight is 239 g/mol. The first-order valence-electron chi connectivity index (χ1n) is 5.75. The molecule has 2 aromatic carbocycles. The van der Waals surface area contributed by atoms with Gasteiger partial charge in [-0.25, -0.2) is 0 Å². The number of hydrogen-bond donors (Lipinski definition) is 1. The molecule has 2 N–H and O–H groups in total. The molecule has 0 unspecified atom stereocenters. The van der Waals surface area contributed by atoms with Crippen molar-refractivity contribution in [1.29, 1.82) is 0 Å². The molecule has 2 aromatic rings. The Hall–Kier alpha value is -2.19. The molecule has 18 heavy (non-hydrogen) atoms. The summed E-state index contributed by atoms with van der Waals surface area (Å²) >= 11 is 0. The highest BCUT2D eigenvalue weighted by Crippen LogP contribution is 2.08. The van der Waals surface area contributed by atoms with Gasteiger partial charge in [0, 0.05) is 17.7 Å². The van der Waals surface area contributed by atoms with Crippen LogP contribution in [0.15, 0.2) is 73.3 Å². The van der Waals surface area contributed by atoms with Crippen molar-refractivity contribution in [3.63, 3.8) is 0 Å². The molecule has 2 heteroatoms. The maximum Gasteiger partial charge on any atom is 0.193 e. The predicted molar refractivity (Wildman–Crippen MR) is 75.6 cm³/mol. The molecule has 0 amide bonds. The summed E-state index contributed by atoms with van der Waals surface area (Å²) in [4.78, 5) is 11.8. The first-order chi connectivity index (χ1) is 8.79. The second-order valence-electron chi connectivity index (χ2n) is 3.59. The molecule has 0 aliphatic rings. The van der Waals surface area contributed by atoms with Gasteiger partial charge in [0.05, 0.1) is 0 Å². The van der Waals surface area contributed by atoms with Crippen LogP contribution in [0.1, 0.15) is 15.9 Å². The van der Waals surface area contributed by atoms with Crippen molar-refractivity contribution < 1.29 is 4.79 Å².